The van der Waals surface area contributed by atoms with Crippen LogP contribution in [0.1, 0.15) is 32.6 Å². The van der Waals surface area contributed by atoms with Gasteiger partial charge in [0.05, 0.1) is 23.3 Å². The lowest BCUT2D eigenvalue weighted by molar-refractivity contribution is -0.00232. The molecule has 0 heterocycles. The summed E-state index contributed by atoms with van der Waals surface area (Å²) < 4.78 is 29.3. The number of urea groups is 1. The highest BCUT2D eigenvalue weighted by atomic mass is 32.2. The zero-order valence-electron chi connectivity index (χ0n) is 14.2. The first kappa shape index (κ1) is 18.7. The van der Waals surface area contributed by atoms with Crippen LogP contribution in [0.5, 0.6) is 0 Å². The van der Waals surface area contributed by atoms with Gasteiger partial charge in [0.1, 0.15) is 0 Å². The van der Waals surface area contributed by atoms with Crippen LogP contribution >= 0.6 is 0 Å². The van der Waals surface area contributed by atoms with Crippen LogP contribution in [0, 0.1) is 5.92 Å². The highest BCUT2D eigenvalue weighted by molar-refractivity contribution is 7.90. The van der Waals surface area contributed by atoms with E-state index in [2.05, 4.69) is 17.6 Å². The molecule has 2 N–H and O–H groups in total. The Morgan fingerprint density at radius 2 is 1.96 bits per heavy atom. The maximum absolute atomic E-state index is 11.9. The van der Waals surface area contributed by atoms with E-state index in [0.29, 0.717) is 19.1 Å². The molecule has 7 heteroatoms. The topological polar surface area (TPSA) is 84.5 Å². The van der Waals surface area contributed by atoms with Gasteiger partial charge in [0, 0.05) is 12.8 Å². The van der Waals surface area contributed by atoms with Crippen molar-refractivity contribution in [2.24, 2.45) is 5.92 Å². The van der Waals surface area contributed by atoms with Crippen LogP contribution in [0.4, 0.5) is 10.5 Å². The van der Waals surface area contributed by atoms with Crippen molar-refractivity contribution in [1.29, 1.82) is 0 Å². The third-order valence-corrected chi connectivity index (χ3v) is 5.44. The molecule has 0 saturated heterocycles. The predicted octanol–water partition coefficient (Wildman–Crippen LogP) is 2.81. The number of ether oxygens (including phenoxy) is 1. The normalized spacial score (nSPS) is 21.2. The smallest absolute Gasteiger partial charge is 0.319 e. The first-order chi connectivity index (χ1) is 11.4. The molecule has 2 amide bonds. The molecule has 1 aliphatic carbocycles. The van der Waals surface area contributed by atoms with E-state index in [-0.39, 0.29) is 16.7 Å². The second kappa shape index (κ2) is 8.48. The van der Waals surface area contributed by atoms with Gasteiger partial charge in [-0.3, -0.25) is 0 Å². The molecule has 134 valence electrons. The van der Waals surface area contributed by atoms with E-state index in [4.69, 9.17) is 4.74 Å². The highest BCUT2D eigenvalue weighted by Gasteiger charge is 2.21. The van der Waals surface area contributed by atoms with E-state index in [1.807, 2.05) is 0 Å². The average molecular weight is 354 g/mol. The van der Waals surface area contributed by atoms with Gasteiger partial charge in [-0.05, 0) is 30.9 Å². The Morgan fingerprint density at radius 1 is 1.25 bits per heavy atom. The molecule has 0 spiro atoms. The van der Waals surface area contributed by atoms with Crippen molar-refractivity contribution >= 4 is 21.6 Å². The monoisotopic (exact) mass is 354 g/mol. The van der Waals surface area contributed by atoms with Gasteiger partial charge in [0.25, 0.3) is 0 Å². The SMILES string of the molecule is C[C@@H]1CCCC[C@H]1OCCNC(=O)Nc1ccccc1S(C)(=O)=O. The molecule has 0 aliphatic heterocycles. The first-order valence-corrected chi connectivity index (χ1v) is 10.2. The summed E-state index contributed by atoms with van der Waals surface area (Å²) in [7, 11) is -3.39. The zero-order chi connectivity index (χ0) is 17.6. The summed E-state index contributed by atoms with van der Waals surface area (Å²) >= 11 is 0. The van der Waals surface area contributed by atoms with Gasteiger partial charge in [0.15, 0.2) is 9.84 Å². The minimum atomic E-state index is -3.39. The van der Waals surface area contributed by atoms with E-state index in [1.54, 1.807) is 18.2 Å². The summed E-state index contributed by atoms with van der Waals surface area (Å²) in [4.78, 5) is 12.0. The summed E-state index contributed by atoms with van der Waals surface area (Å²) in [6.07, 6.45) is 6.13. The number of carbonyl (C=O) groups is 1. The number of hydrogen-bond acceptors (Lipinski definition) is 4. The maximum atomic E-state index is 11.9. The number of benzene rings is 1. The Labute approximate surface area is 143 Å². The van der Waals surface area contributed by atoms with Gasteiger partial charge in [-0.25, -0.2) is 13.2 Å². The fraction of sp³-hybridized carbons (Fsp3) is 0.588. The molecule has 1 aliphatic rings. The molecular formula is C17H26N2O4S. The summed E-state index contributed by atoms with van der Waals surface area (Å²) in [5.74, 6) is 0.564. The summed E-state index contributed by atoms with van der Waals surface area (Å²) in [5.41, 5.74) is 0.277. The lowest BCUT2D eigenvalue weighted by atomic mass is 9.88. The van der Waals surface area contributed by atoms with Gasteiger partial charge in [-0.1, -0.05) is 31.9 Å². The van der Waals surface area contributed by atoms with Crippen LogP contribution in [-0.2, 0) is 14.6 Å². The van der Waals surface area contributed by atoms with Crippen molar-refractivity contribution in [3.63, 3.8) is 0 Å². The van der Waals surface area contributed by atoms with Crippen LogP contribution in [0.2, 0.25) is 0 Å². The van der Waals surface area contributed by atoms with Crippen molar-refractivity contribution in [2.45, 2.75) is 43.6 Å². The second-order valence-corrected chi connectivity index (χ2v) is 8.30. The lowest BCUT2D eigenvalue weighted by Gasteiger charge is -2.28. The first-order valence-electron chi connectivity index (χ1n) is 8.33. The molecule has 2 rings (SSSR count). The van der Waals surface area contributed by atoms with Crippen molar-refractivity contribution in [3.05, 3.63) is 24.3 Å². The van der Waals surface area contributed by atoms with Gasteiger partial charge in [-0.2, -0.15) is 0 Å². The zero-order valence-corrected chi connectivity index (χ0v) is 15.1. The Kier molecular flexibility index (Phi) is 6.62. The number of amides is 2. The minimum Gasteiger partial charge on any atom is -0.376 e. The molecule has 1 fully saturated rings. The molecule has 1 aromatic rings. The molecule has 24 heavy (non-hydrogen) atoms. The molecule has 0 aromatic heterocycles. The number of sulfone groups is 1. The van der Waals surface area contributed by atoms with Gasteiger partial charge in [0.2, 0.25) is 0 Å². The molecule has 1 saturated carbocycles. The number of nitrogens with one attached hydrogen (secondary N) is 2. The van der Waals surface area contributed by atoms with Crippen LogP contribution in [-0.4, -0.2) is 40.0 Å². The van der Waals surface area contributed by atoms with E-state index in [9.17, 15) is 13.2 Å². The standard InChI is InChI=1S/C17H26N2O4S/c1-13-7-3-5-9-15(13)23-12-11-18-17(20)19-14-8-4-6-10-16(14)24(2,21)22/h4,6,8,10,13,15H,3,5,7,9,11-12H2,1-2H3,(H2,18,19,20)/t13-,15-/m1/s1. The van der Waals surface area contributed by atoms with E-state index >= 15 is 0 Å². The molecule has 2 atom stereocenters. The largest absolute Gasteiger partial charge is 0.376 e. The summed E-state index contributed by atoms with van der Waals surface area (Å²) in [5, 5.41) is 5.27. The Bertz CT molecular complexity index is 660. The van der Waals surface area contributed by atoms with E-state index in [0.717, 1.165) is 12.7 Å². The fourth-order valence-electron chi connectivity index (χ4n) is 2.96. The number of hydrogen-bond donors (Lipinski definition) is 2. The van der Waals surface area contributed by atoms with Crippen molar-refractivity contribution in [1.82, 2.24) is 5.32 Å². The Hall–Kier alpha value is -1.60. The highest BCUT2D eigenvalue weighted by Crippen LogP contribution is 2.26. The van der Waals surface area contributed by atoms with Gasteiger partial charge < -0.3 is 15.4 Å². The molecule has 0 unspecified atom stereocenters. The molecule has 0 bridgehead atoms. The van der Waals surface area contributed by atoms with E-state index in [1.165, 1.54) is 25.3 Å². The maximum Gasteiger partial charge on any atom is 0.319 e. The molecule has 0 radical (unpaired) electrons. The predicted molar refractivity (Wildman–Crippen MR) is 93.9 cm³/mol. The average Bonchev–Trinajstić information content (AvgIpc) is 2.52. The molecular weight excluding hydrogens is 328 g/mol. The van der Waals surface area contributed by atoms with Gasteiger partial charge >= 0.3 is 6.03 Å². The summed E-state index contributed by atoms with van der Waals surface area (Å²) in [6.45, 7) is 3.04. The minimum absolute atomic E-state index is 0.104. The number of para-hydroxylation sites is 1. The van der Waals surface area contributed by atoms with Crippen molar-refractivity contribution in [2.75, 3.05) is 24.7 Å². The summed E-state index contributed by atoms with van der Waals surface area (Å²) in [6, 6.07) is 5.90. The number of carbonyl (C=O) groups excluding carboxylic acids is 1. The second-order valence-electron chi connectivity index (χ2n) is 6.32. The third kappa shape index (κ3) is 5.49. The number of rotatable bonds is 6. The van der Waals surface area contributed by atoms with Crippen molar-refractivity contribution in [3.8, 4) is 0 Å². The van der Waals surface area contributed by atoms with Crippen molar-refractivity contribution < 1.29 is 17.9 Å². The van der Waals surface area contributed by atoms with E-state index < -0.39 is 15.9 Å². The Morgan fingerprint density at radius 3 is 2.67 bits per heavy atom. The third-order valence-electron chi connectivity index (χ3n) is 4.29. The lowest BCUT2D eigenvalue weighted by Crippen LogP contribution is -2.34. The number of anilines is 1. The fourth-order valence-corrected chi connectivity index (χ4v) is 3.81. The molecule has 1 aromatic carbocycles. The Balaban J connectivity index is 1.78. The molecule has 6 nitrogen and oxygen atoms in total. The van der Waals surface area contributed by atoms with Crippen LogP contribution in [0.15, 0.2) is 29.2 Å². The van der Waals surface area contributed by atoms with Crippen LogP contribution in [0.25, 0.3) is 0 Å². The van der Waals surface area contributed by atoms with Crippen LogP contribution < -0.4 is 10.6 Å². The van der Waals surface area contributed by atoms with Crippen LogP contribution in [0.3, 0.4) is 0 Å². The quantitative estimate of drug-likeness (QED) is 0.769. The van der Waals surface area contributed by atoms with Gasteiger partial charge in [-0.15, -0.1) is 0 Å².